The van der Waals surface area contributed by atoms with E-state index in [1.807, 2.05) is 0 Å². The first-order valence-corrected chi connectivity index (χ1v) is 9.62. The number of hydrogen-bond donors (Lipinski definition) is 3. The fourth-order valence-electron chi connectivity index (χ4n) is 4.07. The Morgan fingerprint density at radius 1 is 1.23 bits per heavy atom. The lowest BCUT2D eigenvalue weighted by molar-refractivity contribution is 0.0650. The van der Waals surface area contributed by atoms with Gasteiger partial charge in [0, 0.05) is 24.7 Å². The summed E-state index contributed by atoms with van der Waals surface area (Å²) >= 11 is 0. The number of rotatable bonds is 5. The Hall–Kier alpha value is -3.30. The van der Waals surface area contributed by atoms with Crippen molar-refractivity contribution in [3.63, 3.8) is 0 Å². The van der Waals surface area contributed by atoms with Gasteiger partial charge in [-0.2, -0.15) is 0 Å². The average Bonchev–Trinajstić information content (AvgIpc) is 3.37. The monoisotopic (exact) mass is 412 g/mol. The van der Waals surface area contributed by atoms with Crippen LogP contribution in [0.3, 0.4) is 0 Å². The summed E-state index contributed by atoms with van der Waals surface area (Å²) in [5.41, 5.74) is 2.99. The van der Waals surface area contributed by atoms with Crippen LogP contribution in [-0.4, -0.2) is 55.8 Å². The maximum atomic E-state index is 13.5. The maximum Gasteiger partial charge on any atom is 0.292 e. The minimum absolute atomic E-state index is 0.0154. The van der Waals surface area contributed by atoms with Gasteiger partial charge in [-0.1, -0.05) is 12.1 Å². The summed E-state index contributed by atoms with van der Waals surface area (Å²) in [5.74, 6) is -1.61. The molecule has 3 aromatic rings. The highest BCUT2D eigenvalue weighted by atomic mass is 19.1. The van der Waals surface area contributed by atoms with E-state index in [9.17, 15) is 24.3 Å². The highest BCUT2D eigenvalue weighted by Crippen LogP contribution is 2.30. The molecule has 1 aliphatic rings. The van der Waals surface area contributed by atoms with E-state index in [1.165, 1.54) is 24.5 Å². The Morgan fingerprint density at radius 3 is 2.70 bits per heavy atom. The van der Waals surface area contributed by atoms with Crippen LogP contribution in [0.15, 0.2) is 42.7 Å². The number of hydrogen-bond acceptors (Lipinski definition) is 5. The molecule has 1 atom stereocenters. The summed E-state index contributed by atoms with van der Waals surface area (Å²) in [6.45, 7) is 0.477. The number of nitrogens with zero attached hydrogens (tertiary/aromatic N) is 3. The Morgan fingerprint density at radius 2 is 2.00 bits per heavy atom. The second-order valence-electron chi connectivity index (χ2n) is 7.25. The summed E-state index contributed by atoms with van der Waals surface area (Å²) < 4.78 is 14.9. The van der Waals surface area contributed by atoms with E-state index in [-0.39, 0.29) is 42.2 Å². The largest absolute Gasteiger partial charge is 0.394 e. The molecule has 1 saturated heterocycles. The number of aliphatic hydroxyl groups is 1. The molecular formula is C21H21FN4O4. The Kier molecular flexibility index (Phi) is 5.47. The fourth-order valence-corrected chi connectivity index (χ4v) is 4.07. The van der Waals surface area contributed by atoms with Crippen LogP contribution >= 0.6 is 0 Å². The van der Waals surface area contributed by atoms with Gasteiger partial charge in [0.15, 0.2) is 0 Å². The van der Waals surface area contributed by atoms with Gasteiger partial charge in [0.2, 0.25) is 0 Å². The summed E-state index contributed by atoms with van der Waals surface area (Å²) in [5, 5.41) is 19.5. The molecule has 2 aromatic heterocycles. The SMILES string of the molecule is O=C(NO)c1c(C(=O)N2CCC[C@H]2CO)c2ccncc2n1Cc1ccc(F)cc1. The molecule has 8 nitrogen and oxygen atoms in total. The summed E-state index contributed by atoms with van der Waals surface area (Å²) in [4.78, 5) is 31.8. The van der Waals surface area contributed by atoms with Gasteiger partial charge in [-0.25, -0.2) is 9.87 Å². The lowest BCUT2D eigenvalue weighted by Gasteiger charge is -2.23. The molecule has 1 fully saturated rings. The van der Waals surface area contributed by atoms with E-state index >= 15 is 0 Å². The van der Waals surface area contributed by atoms with E-state index in [0.29, 0.717) is 29.4 Å². The maximum absolute atomic E-state index is 13.5. The molecule has 0 spiro atoms. The van der Waals surface area contributed by atoms with E-state index in [1.54, 1.807) is 33.1 Å². The Bertz CT molecular complexity index is 1100. The number of likely N-dealkylation sites (tertiary alicyclic amines) is 1. The van der Waals surface area contributed by atoms with Gasteiger partial charge in [0.05, 0.1) is 29.9 Å². The smallest absolute Gasteiger partial charge is 0.292 e. The summed E-state index contributed by atoms with van der Waals surface area (Å²) in [6, 6.07) is 7.12. The molecule has 1 aromatic carbocycles. The zero-order valence-corrected chi connectivity index (χ0v) is 16.1. The number of aliphatic hydroxyl groups excluding tert-OH is 1. The van der Waals surface area contributed by atoms with Gasteiger partial charge in [-0.05, 0) is 36.6 Å². The predicted octanol–water partition coefficient (Wildman–Crippen LogP) is 1.94. The third-order valence-electron chi connectivity index (χ3n) is 5.50. The molecule has 0 saturated carbocycles. The number of nitrogens with one attached hydrogen (secondary N) is 1. The van der Waals surface area contributed by atoms with Gasteiger partial charge < -0.3 is 14.6 Å². The molecule has 156 valence electrons. The van der Waals surface area contributed by atoms with Crippen molar-refractivity contribution >= 4 is 22.7 Å². The molecule has 2 amide bonds. The Labute approximate surface area is 171 Å². The molecule has 4 rings (SSSR count). The van der Waals surface area contributed by atoms with Crippen LogP contribution in [0, 0.1) is 5.82 Å². The highest BCUT2D eigenvalue weighted by molar-refractivity contribution is 6.15. The quantitative estimate of drug-likeness (QED) is 0.439. The molecule has 0 radical (unpaired) electrons. The molecule has 0 aliphatic carbocycles. The number of amides is 2. The lowest BCUT2D eigenvalue weighted by atomic mass is 10.1. The molecule has 9 heteroatoms. The number of benzene rings is 1. The third kappa shape index (κ3) is 3.42. The second kappa shape index (κ2) is 8.21. The van der Waals surface area contributed by atoms with E-state index in [0.717, 1.165) is 6.42 Å². The van der Waals surface area contributed by atoms with Crippen molar-refractivity contribution in [3.05, 3.63) is 65.4 Å². The van der Waals surface area contributed by atoms with Crippen molar-refractivity contribution in [2.75, 3.05) is 13.2 Å². The average molecular weight is 412 g/mol. The van der Waals surface area contributed by atoms with Crippen LogP contribution in [0.25, 0.3) is 10.9 Å². The highest BCUT2D eigenvalue weighted by Gasteiger charge is 2.35. The van der Waals surface area contributed by atoms with Crippen LogP contribution in [0.2, 0.25) is 0 Å². The third-order valence-corrected chi connectivity index (χ3v) is 5.50. The van der Waals surface area contributed by atoms with Gasteiger partial charge in [-0.3, -0.25) is 19.8 Å². The molecule has 0 unspecified atom stereocenters. The lowest BCUT2D eigenvalue weighted by Crippen LogP contribution is -2.39. The van der Waals surface area contributed by atoms with Crippen molar-refractivity contribution < 1.29 is 24.3 Å². The molecular weight excluding hydrogens is 391 g/mol. The number of carbonyl (C=O) groups excluding carboxylic acids is 2. The first-order valence-electron chi connectivity index (χ1n) is 9.62. The van der Waals surface area contributed by atoms with E-state index in [2.05, 4.69) is 4.98 Å². The van der Waals surface area contributed by atoms with Gasteiger partial charge in [0.1, 0.15) is 11.5 Å². The topological polar surface area (TPSA) is 108 Å². The first-order chi connectivity index (χ1) is 14.5. The predicted molar refractivity (Wildman–Crippen MR) is 106 cm³/mol. The van der Waals surface area contributed by atoms with Gasteiger partial charge in [-0.15, -0.1) is 0 Å². The minimum Gasteiger partial charge on any atom is -0.394 e. The molecule has 1 aliphatic heterocycles. The molecule has 3 heterocycles. The minimum atomic E-state index is -0.837. The van der Waals surface area contributed by atoms with E-state index < -0.39 is 5.91 Å². The van der Waals surface area contributed by atoms with Crippen molar-refractivity contribution in [2.45, 2.75) is 25.4 Å². The van der Waals surface area contributed by atoms with Crippen LogP contribution in [0.4, 0.5) is 4.39 Å². The zero-order chi connectivity index (χ0) is 21.3. The number of fused-ring (bicyclic) bond motifs is 1. The summed E-state index contributed by atoms with van der Waals surface area (Å²) in [7, 11) is 0. The van der Waals surface area contributed by atoms with Gasteiger partial charge >= 0.3 is 0 Å². The van der Waals surface area contributed by atoms with Crippen molar-refractivity contribution in [1.29, 1.82) is 0 Å². The van der Waals surface area contributed by atoms with Crippen molar-refractivity contribution in [2.24, 2.45) is 0 Å². The molecule has 30 heavy (non-hydrogen) atoms. The number of aromatic nitrogens is 2. The van der Waals surface area contributed by atoms with Crippen LogP contribution in [-0.2, 0) is 6.54 Å². The Balaban J connectivity index is 1.90. The number of pyridine rings is 1. The van der Waals surface area contributed by atoms with Crippen molar-refractivity contribution in [3.8, 4) is 0 Å². The fraction of sp³-hybridized carbons (Fsp3) is 0.286. The second-order valence-corrected chi connectivity index (χ2v) is 7.25. The van der Waals surface area contributed by atoms with Crippen LogP contribution in [0.5, 0.6) is 0 Å². The zero-order valence-electron chi connectivity index (χ0n) is 16.1. The van der Waals surface area contributed by atoms with E-state index in [4.69, 9.17) is 0 Å². The first kappa shape index (κ1) is 20.0. The van der Waals surface area contributed by atoms with Crippen molar-refractivity contribution in [1.82, 2.24) is 19.9 Å². The standard InChI is InChI=1S/C21H21FN4O4/c22-14-5-3-13(4-6-14)11-26-17-10-23-8-7-16(17)18(19(26)20(28)24-30)21(29)25-9-1-2-15(25)12-27/h3-8,10,15,27,30H,1-2,9,11-12H2,(H,24,28)/t15-/m0/s1. The summed E-state index contributed by atoms with van der Waals surface area (Å²) in [6.07, 6.45) is 4.50. The number of halogens is 1. The number of hydroxylamine groups is 1. The molecule has 3 N–H and O–H groups in total. The molecule has 0 bridgehead atoms. The van der Waals surface area contributed by atoms with Gasteiger partial charge in [0.25, 0.3) is 11.8 Å². The van der Waals surface area contributed by atoms with Crippen LogP contribution < -0.4 is 5.48 Å². The normalized spacial score (nSPS) is 16.2. The van der Waals surface area contributed by atoms with Crippen LogP contribution in [0.1, 0.15) is 39.3 Å². The number of carbonyl (C=O) groups is 2.